The first-order valence-corrected chi connectivity index (χ1v) is 9.93. The van der Waals surface area contributed by atoms with Gasteiger partial charge >= 0.3 is 15.6 Å². The van der Waals surface area contributed by atoms with Crippen molar-refractivity contribution in [3.63, 3.8) is 0 Å². The van der Waals surface area contributed by atoms with Crippen LogP contribution in [0.1, 0.15) is 50.3 Å². The Morgan fingerprint density at radius 1 is 1.16 bits per heavy atom. The summed E-state index contributed by atoms with van der Waals surface area (Å²) >= 11 is 0. The molecule has 0 spiro atoms. The third-order valence-electron chi connectivity index (χ3n) is 4.43. The minimum absolute atomic E-state index is 0.396. The average Bonchev–Trinajstić information content (AvgIpc) is 2.54. The fraction of sp³-hybridized carbons (Fsp3) is 0.647. The Balaban J connectivity index is 2.42. The molecule has 0 fully saturated rings. The van der Waals surface area contributed by atoms with E-state index in [-0.39, 0.29) is 0 Å². The van der Waals surface area contributed by atoms with E-state index >= 15 is 0 Å². The van der Waals surface area contributed by atoms with E-state index in [1.807, 2.05) is 24.8 Å². The predicted octanol–water partition coefficient (Wildman–Crippen LogP) is 4.03. The minimum Gasteiger partial charge on any atom is -0.297 e. The molecule has 0 saturated carbocycles. The van der Waals surface area contributed by atoms with Gasteiger partial charge in [0, 0.05) is 6.04 Å². The molecule has 8 heteroatoms. The van der Waals surface area contributed by atoms with Gasteiger partial charge in [0.1, 0.15) is 6.10 Å². The Kier molecular flexibility index (Phi) is 6.51. The Hall–Kier alpha value is -1.12. The van der Waals surface area contributed by atoms with E-state index in [0.29, 0.717) is 31.5 Å². The number of alkyl halides is 3. The molecule has 0 aliphatic heterocycles. The predicted molar refractivity (Wildman–Crippen MR) is 89.5 cm³/mol. The Morgan fingerprint density at radius 2 is 1.76 bits per heavy atom. The summed E-state index contributed by atoms with van der Waals surface area (Å²) in [7, 11) is -5.66. The van der Waals surface area contributed by atoms with Crippen LogP contribution in [-0.2, 0) is 20.7 Å². The molecule has 0 radical (unpaired) electrons. The topological polar surface area (TPSA) is 46.6 Å². The SMILES string of the molecule is CCCN(CCC)C1CCc2ccccc2[C@@H]1OS(=O)(=O)C(F)(F)F. The van der Waals surface area contributed by atoms with Gasteiger partial charge in [-0.2, -0.15) is 21.6 Å². The number of aryl methyl sites for hydroxylation is 1. The van der Waals surface area contributed by atoms with Crippen LogP contribution < -0.4 is 0 Å². The zero-order valence-corrected chi connectivity index (χ0v) is 15.2. The number of fused-ring (bicyclic) bond motifs is 1. The quantitative estimate of drug-likeness (QED) is 0.530. The summed E-state index contributed by atoms with van der Waals surface area (Å²) in [6.07, 6.45) is 1.77. The van der Waals surface area contributed by atoms with Crippen molar-refractivity contribution < 1.29 is 25.8 Å². The molecule has 2 rings (SSSR count). The number of halogens is 3. The summed E-state index contributed by atoms with van der Waals surface area (Å²) in [5, 5.41) is 0. The maximum absolute atomic E-state index is 12.9. The molecule has 0 saturated heterocycles. The highest BCUT2D eigenvalue weighted by Gasteiger charge is 2.50. The zero-order chi connectivity index (χ0) is 18.7. The van der Waals surface area contributed by atoms with E-state index in [1.165, 1.54) is 0 Å². The summed E-state index contributed by atoms with van der Waals surface area (Å²) in [6.45, 7) is 5.35. The lowest BCUT2D eigenvalue weighted by Gasteiger charge is -2.40. The van der Waals surface area contributed by atoms with Gasteiger partial charge in [-0.05, 0) is 49.9 Å². The van der Waals surface area contributed by atoms with Crippen molar-refractivity contribution in [2.75, 3.05) is 13.1 Å². The molecule has 1 aromatic carbocycles. The summed E-state index contributed by atoms with van der Waals surface area (Å²) in [4.78, 5) is 2.05. The summed E-state index contributed by atoms with van der Waals surface area (Å²) in [6, 6.07) is 6.57. The molecule has 25 heavy (non-hydrogen) atoms. The molecule has 1 aliphatic rings. The van der Waals surface area contributed by atoms with Gasteiger partial charge in [0.05, 0.1) is 0 Å². The van der Waals surface area contributed by atoms with E-state index in [4.69, 9.17) is 4.18 Å². The molecule has 0 bridgehead atoms. The maximum Gasteiger partial charge on any atom is 0.523 e. The first-order chi connectivity index (χ1) is 11.7. The molecule has 1 aromatic rings. The highest BCUT2D eigenvalue weighted by Crippen LogP contribution is 2.39. The van der Waals surface area contributed by atoms with Gasteiger partial charge < -0.3 is 0 Å². The van der Waals surface area contributed by atoms with Crippen LogP contribution in [0, 0.1) is 0 Å². The van der Waals surface area contributed by atoms with Crippen LogP contribution >= 0.6 is 0 Å². The highest BCUT2D eigenvalue weighted by molar-refractivity contribution is 7.87. The number of nitrogens with zero attached hydrogens (tertiary/aromatic N) is 1. The second kappa shape index (κ2) is 8.05. The second-order valence-electron chi connectivity index (χ2n) is 6.26. The van der Waals surface area contributed by atoms with Crippen molar-refractivity contribution in [3.05, 3.63) is 35.4 Å². The molecule has 0 amide bonds. The van der Waals surface area contributed by atoms with Gasteiger partial charge in [-0.25, -0.2) is 0 Å². The molecule has 0 heterocycles. The number of benzene rings is 1. The van der Waals surface area contributed by atoms with Crippen molar-refractivity contribution >= 4 is 10.1 Å². The summed E-state index contributed by atoms with van der Waals surface area (Å²) in [5.74, 6) is 0. The van der Waals surface area contributed by atoms with Crippen molar-refractivity contribution in [1.29, 1.82) is 0 Å². The Morgan fingerprint density at radius 3 is 2.32 bits per heavy atom. The second-order valence-corrected chi connectivity index (χ2v) is 7.82. The van der Waals surface area contributed by atoms with Gasteiger partial charge in [0.15, 0.2) is 0 Å². The van der Waals surface area contributed by atoms with Gasteiger partial charge in [0.2, 0.25) is 0 Å². The first-order valence-electron chi connectivity index (χ1n) is 8.52. The molecule has 142 valence electrons. The molecule has 1 aliphatic carbocycles. The summed E-state index contributed by atoms with van der Waals surface area (Å²) < 4.78 is 66.6. The van der Waals surface area contributed by atoms with Gasteiger partial charge in [-0.3, -0.25) is 9.08 Å². The van der Waals surface area contributed by atoms with Gasteiger partial charge in [0.25, 0.3) is 0 Å². The molecule has 1 unspecified atom stereocenters. The van der Waals surface area contributed by atoms with Crippen molar-refractivity contribution in [2.24, 2.45) is 0 Å². The molecule has 4 nitrogen and oxygen atoms in total. The van der Waals surface area contributed by atoms with Crippen LogP contribution in [0.2, 0.25) is 0 Å². The maximum atomic E-state index is 12.9. The van der Waals surface area contributed by atoms with Crippen molar-refractivity contribution in [2.45, 2.75) is 57.2 Å². The lowest BCUT2D eigenvalue weighted by atomic mass is 9.85. The number of rotatable bonds is 7. The third kappa shape index (κ3) is 4.54. The van der Waals surface area contributed by atoms with Crippen molar-refractivity contribution in [3.8, 4) is 0 Å². The van der Waals surface area contributed by atoms with Crippen LogP contribution in [-0.4, -0.2) is 38.0 Å². The number of hydrogen-bond acceptors (Lipinski definition) is 4. The minimum atomic E-state index is -5.66. The standard InChI is InChI=1S/C17H24F3NO3S/c1-3-11-21(12-4-2)15-10-9-13-7-5-6-8-14(13)16(15)24-25(22,23)17(18,19)20/h5-8,15-16H,3-4,9-12H2,1-2H3/t15?,16-/m0/s1. The van der Waals surface area contributed by atoms with E-state index in [0.717, 1.165) is 18.4 Å². The summed E-state index contributed by atoms with van der Waals surface area (Å²) in [5.41, 5.74) is -4.05. The fourth-order valence-electron chi connectivity index (χ4n) is 3.40. The van der Waals surface area contributed by atoms with E-state index in [9.17, 15) is 21.6 Å². The first kappa shape index (κ1) is 20.2. The van der Waals surface area contributed by atoms with Gasteiger partial charge in [-0.1, -0.05) is 38.1 Å². The molecular formula is C17H24F3NO3S. The van der Waals surface area contributed by atoms with E-state index in [2.05, 4.69) is 0 Å². The van der Waals surface area contributed by atoms with E-state index < -0.39 is 27.8 Å². The molecular weight excluding hydrogens is 355 g/mol. The Bertz CT molecular complexity index is 670. The van der Waals surface area contributed by atoms with Crippen LogP contribution in [0.5, 0.6) is 0 Å². The highest BCUT2D eigenvalue weighted by atomic mass is 32.2. The molecule has 0 aromatic heterocycles. The molecule has 0 N–H and O–H groups in total. The largest absolute Gasteiger partial charge is 0.523 e. The van der Waals surface area contributed by atoms with E-state index in [1.54, 1.807) is 18.2 Å². The number of hydrogen-bond donors (Lipinski definition) is 0. The zero-order valence-electron chi connectivity index (χ0n) is 14.4. The van der Waals surface area contributed by atoms with Crippen LogP contribution in [0.4, 0.5) is 13.2 Å². The third-order valence-corrected chi connectivity index (χ3v) is 5.45. The van der Waals surface area contributed by atoms with Crippen LogP contribution in [0.25, 0.3) is 0 Å². The monoisotopic (exact) mass is 379 g/mol. The smallest absolute Gasteiger partial charge is 0.297 e. The normalized spacial score (nSPS) is 21.4. The molecule has 2 atom stereocenters. The van der Waals surface area contributed by atoms with Crippen molar-refractivity contribution in [1.82, 2.24) is 4.90 Å². The average molecular weight is 379 g/mol. The lowest BCUT2D eigenvalue weighted by Crippen LogP contribution is -2.45. The van der Waals surface area contributed by atoms with Gasteiger partial charge in [-0.15, -0.1) is 0 Å². The fourth-order valence-corrected chi connectivity index (χ4v) is 4.01. The lowest BCUT2D eigenvalue weighted by molar-refractivity contribution is -0.0622. The van der Waals surface area contributed by atoms with Crippen LogP contribution in [0.15, 0.2) is 24.3 Å². The van der Waals surface area contributed by atoms with Crippen LogP contribution in [0.3, 0.4) is 0 Å². The Labute approximate surface area is 147 Å².